The lowest BCUT2D eigenvalue weighted by Gasteiger charge is -2.27. The van der Waals surface area contributed by atoms with E-state index in [0.717, 1.165) is 6.07 Å². The third kappa shape index (κ3) is 2.84. The summed E-state index contributed by atoms with van der Waals surface area (Å²) < 4.78 is -3.85. The molecule has 88 valence electrons. The molecule has 0 atom stereocenters. The molecule has 1 aromatic carbocycles. The molecule has 0 unspecified atom stereocenters. The summed E-state index contributed by atoms with van der Waals surface area (Å²) in [7, 11) is 0. The number of alkyl halides is 5. The minimum absolute atomic E-state index is 0.144. The van der Waals surface area contributed by atoms with Crippen LogP contribution in [0.1, 0.15) is 5.56 Å². The van der Waals surface area contributed by atoms with E-state index in [9.17, 15) is 10.1 Å². The standard InChI is InChI=1S/C8H4Cl5NO2/c9-7(10,8(11,12)13)5-2-1-3-6(4-5)14(15)16/h1-4H. The van der Waals surface area contributed by atoms with Gasteiger partial charge in [0, 0.05) is 12.1 Å². The quantitative estimate of drug-likeness (QED) is 0.454. The van der Waals surface area contributed by atoms with Gasteiger partial charge < -0.3 is 0 Å². The average molecular weight is 323 g/mol. The number of halogens is 5. The Morgan fingerprint density at radius 3 is 2.12 bits per heavy atom. The molecule has 0 N–H and O–H groups in total. The SMILES string of the molecule is O=[N+]([O-])c1cccc(C(Cl)(Cl)C(Cl)(Cl)Cl)c1. The number of hydrogen-bond acceptors (Lipinski definition) is 2. The predicted octanol–water partition coefficient (Wildman–Crippen LogP) is 4.60. The second-order valence-corrected chi connectivity index (χ2v) is 6.49. The molecule has 0 aliphatic heterocycles. The topological polar surface area (TPSA) is 43.1 Å². The van der Waals surface area contributed by atoms with Crippen LogP contribution in [0.2, 0.25) is 0 Å². The van der Waals surface area contributed by atoms with Crippen LogP contribution in [0.15, 0.2) is 24.3 Å². The van der Waals surface area contributed by atoms with Crippen LogP contribution < -0.4 is 0 Å². The maximum absolute atomic E-state index is 10.6. The smallest absolute Gasteiger partial charge is 0.258 e. The fourth-order valence-electron chi connectivity index (χ4n) is 0.978. The normalized spacial score (nSPS) is 12.6. The van der Waals surface area contributed by atoms with Gasteiger partial charge in [-0.3, -0.25) is 10.1 Å². The summed E-state index contributed by atoms with van der Waals surface area (Å²) in [5.74, 6) is 0. The Morgan fingerprint density at radius 2 is 1.69 bits per heavy atom. The summed E-state index contributed by atoms with van der Waals surface area (Å²) in [6.07, 6.45) is 0. The van der Waals surface area contributed by atoms with E-state index in [1.807, 2.05) is 0 Å². The maximum Gasteiger partial charge on any atom is 0.269 e. The van der Waals surface area contributed by atoms with Crippen molar-refractivity contribution in [1.82, 2.24) is 0 Å². The van der Waals surface area contributed by atoms with Gasteiger partial charge in [0.05, 0.1) is 4.92 Å². The molecule has 0 spiro atoms. The zero-order valence-corrected chi connectivity index (χ0v) is 11.2. The maximum atomic E-state index is 10.6. The van der Waals surface area contributed by atoms with E-state index >= 15 is 0 Å². The van der Waals surface area contributed by atoms with Gasteiger partial charge in [-0.25, -0.2) is 0 Å². The summed E-state index contributed by atoms with van der Waals surface area (Å²) in [5.41, 5.74) is -0.0394. The largest absolute Gasteiger partial charge is 0.269 e. The molecule has 0 amide bonds. The van der Waals surface area contributed by atoms with Crippen LogP contribution in [0.4, 0.5) is 5.69 Å². The first-order chi connectivity index (χ1) is 7.16. The number of rotatable bonds is 2. The molecule has 1 aromatic rings. The molecule has 3 nitrogen and oxygen atoms in total. The Morgan fingerprint density at radius 1 is 1.12 bits per heavy atom. The number of hydrogen-bond donors (Lipinski definition) is 0. The molecule has 0 radical (unpaired) electrons. The lowest BCUT2D eigenvalue weighted by atomic mass is 10.1. The third-order valence-corrected chi connectivity index (χ3v) is 4.21. The second-order valence-electron chi connectivity index (χ2n) is 2.88. The van der Waals surface area contributed by atoms with E-state index in [1.54, 1.807) is 0 Å². The van der Waals surface area contributed by atoms with Gasteiger partial charge in [-0.2, -0.15) is 0 Å². The van der Waals surface area contributed by atoms with Gasteiger partial charge in [-0.1, -0.05) is 70.1 Å². The van der Waals surface area contributed by atoms with Crippen molar-refractivity contribution in [2.75, 3.05) is 0 Å². The fourth-order valence-corrected chi connectivity index (χ4v) is 1.54. The lowest BCUT2D eigenvalue weighted by Crippen LogP contribution is -2.28. The molecule has 0 saturated heterocycles. The van der Waals surface area contributed by atoms with Crippen molar-refractivity contribution in [2.45, 2.75) is 8.13 Å². The molecule has 0 aliphatic rings. The minimum Gasteiger partial charge on any atom is -0.258 e. The van der Waals surface area contributed by atoms with E-state index in [0.29, 0.717) is 0 Å². The van der Waals surface area contributed by atoms with Crippen LogP contribution >= 0.6 is 58.0 Å². The highest BCUT2D eigenvalue weighted by molar-refractivity contribution is 6.75. The van der Waals surface area contributed by atoms with Gasteiger partial charge in [0.2, 0.25) is 3.79 Å². The van der Waals surface area contributed by atoms with Gasteiger partial charge in [0.1, 0.15) is 0 Å². The number of benzene rings is 1. The first-order valence-corrected chi connectivity index (χ1v) is 5.74. The van der Waals surface area contributed by atoms with Crippen molar-refractivity contribution in [2.24, 2.45) is 0 Å². The Balaban J connectivity index is 3.24. The summed E-state index contributed by atoms with van der Waals surface area (Å²) in [6, 6.07) is 5.28. The molecule has 0 saturated carbocycles. The Bertz CT molecular complexity index is 415. The van der Waals surface area contributed by atoms with Crippen LogP contribution in [0.3, 0.4) is 0 Å². The van der Waals surface area contributed by atoms with Crippen LogP contribution in [0.5, 0.6) is 0 Å². The van der Waals surface area contributed by atoms with E-state index in [2.05, 4.69) is 0 Å². The number of nitro groups is 1. The molecule has 0 heterocycles. The lowest BCUT2D eigenvalue weighted by molar-refractivity contribution is -0.384. The van der Waals surface area contributed by atoms with Crippen molar-refractivity contribution in [3.05, 3.63) is 39.9 Å². The van der Waals surface area contributed by atoms with E-state index < -0.39 is 13.0 Å². The van der Waals surface area contributed by atoms with Crippen molar-refractivity contribution >= 4 is 63.7 Å². The molecule has 0 fully saturated rings. The molecule has 0 aliphatic carbocycles. The minimum atomic E-state index is -1.99. The van der Waals surface area contributed by atoms with Crippen molar-refractivity contribution in [3.8, 4) is 0 Å². The molecular weight excluding hydrogens is 319 g/mol. The molecule has 0 bridgehead atoms. The highest BCUT2D eigenvalue weighted by Crippen LogP contribution is 2.53. The Labute approximate surface area is 116 Å². The van der Waals surface area contributed by atoms with E-state index in [1.165, 1.54) is 18.2 Å². The molecule has 16 heavy (non-hydrogen) atoms. The van der Waals surface area contributed by atoms with Gasteiger partial charge in [-0.15, -0.1) is 0 Å². The van der Waals surface area contributed by atoms with Crippen molar-refractivity contribution in [3.63, 3.8) is 0 Å². The number of nitro benzene ring substituents is 1. The van der Waals surface area contributed by atoms with Gasteiger partial charge in [0.15, 0.2) is 4.33 Å². The number of non-ortho nitro benzene ring substituents is 1. The molecular formula is C8H4Cl5NO2. The molecule has 8 heteroatoms. The van der Waals surface area contributed by atoms with Crippen LogP contribution in [-0.2, 0) is 4.33 Å². The molecule has 1 rings (SSSR count). The summed E-state index contributed by atoms with van der Waals surface area (Å²) >= 11 is 28.5. The first-order valence-electron chi connectivity index (χ1n) is 3.86. The summed E-state index contributed by atoms with van der Waals surface area (Å²) in [6.45, 7) is 0. The van der Waals surface area contributed by atoms with Crippen LogP contribution in [-0.4, -0.2) is 8.72 Å². The third-order valence-electron chi connectivity index (χ3n) is 1.78. The number of nitrogens with zero attached hydrogens (tertiary/aromatic N) is 1. The van der Waals surface area contributed by atoms with Crippen LogP contribution in [0, 0.1) is 10.1 Å². The first kappa shape index (κ1) is 14.1. The second kappa shape index (κ2) is 4.75. The predicted molar refractivity (Wildman–Crippen MR) is 66.8 cm³/mol. The molecule has 0 aromatic heterocycles. The average Bonchev–Trinajstić information content (AvgIpc) is 2.16. The van der Waals surface area contributed by atoms with Gasteiger partial charge in [-0.05, 0) is 5.56 Å². The van der Waals surface area contributed by atoms with Gasteiger partial charge >= 0.3 is 0 Å². The Hall–Kier alpha value is 0.0700. The zero-order chi connectivity index (χ0) is 12.6. The summed E-state index contributed by atoms with van der Waals surface area (Å²) in [5, 5.41) is 10.6. The monoisotopic (exact) mass is 321 g/mol. The highest BCUT2D eigenvalue weighted by atomic mass is 35.6. The van der Waals surface area contributed by atoms with E-state index in [-0.39, 0.29) is 11.3 Å². The van der Waals surface area contributed by atoms with E-state index in [4.69, 9.17) is 58.0 Å². The summed E-state index contributed by atoms with van der Waals surface area (Å²) in [4.78, 5) is 9.96. The van der Waals surface area contributed by atoms with Crippen molar-refractivity contribution in [1.29, 1.82) is 0 Å². The Kier molecular flexibility index (Phi) is 4.19. The van der Waals surface area contributed by atoms with Crippen LogP contribution in [0.25, 0.3) is 0 Å². The van der Waals surface area contributed by atoms with Gasteiger partial charge in [0.25, 0.3) is 5.69 Å². The highest BCUT2D eigenvalue weighted by Gasteiger charge is 2.47. The fraction of sp³-hybridized carbons (Fsp3) is 0.250. The van der Waals surface area contributed by atoms with Crippen molar-refractivity contribution < 1.29 is 4.92 Å². The zero-order valence-electron chi connectivity index (χ0n) is 7.46.